The maximum Gasteiger partial charge on any atom is 0.402 e. The van der Waals surface area contributed by atoms with Crippen LogP contribution in [0.15, 0.2) is 41.5 Å². The van der Waals surface area contributed by atoms with Crippen molar-refractivity contribution >= 4 is 16.8 Å². The smallest absolute Gasteiger partial charge is 0.249 e. The third-order valence-corrected chi connectivity index (χ3v) is 3.09. The molecule has 0 saturated heterocycles. The molecule has 0 radical (unpaired) electrons. The Morgan fingerprint density at radius 3 is 2.28 bits per heavy atom. The third-order valence-electron chi connectivity index (χ3n) is 2.86. The van der Waals surface area contributed by atoms with E-state index in [1.54, 1.807) is 0 Å². The van der Waals surface area contributed by atoms with Crippen molar-refractivity contribution in [3.63, 3.8) is 0 Å². The fourth-order valence-electron chi connectivity index (χ4n) is 1.88. The van der Waals surface area contributed by atoms with Gasteiger partial charge < -0.3 is 0 Å². The van der Waals surface area contributed by atoms with Gasteiger partial charge in [-0.3, -0.25) is 0 Å². The van der Waals surface area contributed by atoms with E-state index in [1.165, 1.54) is 0 Å². The summed E-state index contributed by atoms with van der Waals surface area (Å²) in [6, 6.07) is 4.22. The molecule has 0 aliphatic carbocycles. The summed E-state index contributed by atoms with van der Waals surface area (Å²) in [6.45, 7) is 0. The lowest BCUT2D eigenvalue weighted by atomic mass is 9.76. The topological polar surface area (TPSA) is 12.4 Å². The fraction of sp³-hybridized carbons (Fsp3) is 0.250. The Morgan fingerprint density at radius 1 is 1.17 bits per heavy atom. The van der Waals surface area contributed by atoms with Gasteiger partial charge in [0.25, 0.3) is 0 Å². The number of aliphatic imine (C=N–C) groups is 1. The molecule has 0 N–H and O–H groups in total. The molecule has 1 nitrogen and oxygen atoms in total. The lowest BCUT2D eigenvalue weighted by molar-refractivity contribution is -0.174. The summed E-state index contributed by atoms with van der Waals surface area (Å²) in [7, 11) is 0. The van der Waals surface area contributed by atoms with Gasteiger partial charge in [-0.15, -0.1) is 0 Å². The van der Waals surface area contributed by atoms with Gasteiger partial charge >= 0.3 is 6.18 Å². The van der Waals surface area contributed by atoms with Crippen molar-refractivity contribution in [2.75, 3.05) is 0 Å². The number of hydrogen-bond acceptors (Lipinski definition) is 1. The number of rotatable bonds is 1. The molecule has 0 aromatic heterocycles. The summed E-state index contributed by atoms with van der Waals surface area (Å²) in [5.41, 5.74) is -2.29. The van der Waals surface area contributed by atoms with Crippen molar-refractivity contribution in [2.24, 2.45) is 4.99 Å². The van der Waals surface area contributed by atoms with Crippen LogP contribution in [-0.2, 0) is 5.41 Å². The molecule has 2 rings (SSSR count). The molecule has 1 atom stereocenters. The maximum absolute atomic E-state index is 13.3. The van der Waals surface area contributed by atoms with Gasteiger partial charge in [-0.1, -0.05) is 23.7 Å². The molecule has 0 bridgehead atoms. The van der Waals surface area contributed by atoms with Crippen LogP contribution in [0, 0.1) is 5.82 Å². The first kappa shape index (κ1) is 13.1. The van der Waals surface area contributed by atoms with Gasteiger partial charge in [0.2, 0.25) is 0 Å². The van der Waals surface area contributed by atoms with Crippen molar-refractivity contribution in [1.82, 2.24) is 0 Å². The zero-order valence-corrected chi connectivity index (χ0v) is 9.76. The zero-order valence-electron chi connectivity index (χ0n) is 9.01. The van der Waals surface area contributed by atoms with Crippen LogP contribution >= 0.6 is 11.6 Å². The summed E-state index contributed by atoms with van der Waals surface area (Å²) >= 11 is 5.61. The van der Waals surface area contributed by atoms with Crippen LogP contribution in [0.5, 0.6) is 0 Å². The summed E-state index contributed by atoms with van der Waals surface area (Å²) in [6.07, 6.45) is -3.02. The molecule has 1 heterocycles. The monoisotopic (exact) mass is 277 g/mol. The number of nitrogens with zero attached hydrogens (tertiary/aromatic N) is 1. The minimum absolute atomic E-state index is 0.0549. The average Bonchev–Trinajstić information content (AvgIpc) is 2.28. The van der Waals surface area contributed by atoms with E-state index >= 15 is 0 Å². The fourth-order valence-corrected chi connectivity index (χ4v) is 2.15. The first-order valence-electron chi connectivity index (χ1n) is 5.08. The molecule has 18 heavy (non-hydrogen) atoms. The van der Waals surface area contributed by atoms with E-state index in [4.69, 9.17) is 11.6 Å². The van der Waals surface area contributed by atoms with Crippen LogP contribution in [0.3, 0.4) is 0 Å². The SMILES string of the molecule is Fc1ccc(C2(C(F)(F)F)C=CN=C(Cl)C2)cc1. The lowest BCUT2D eigenvalue weighted by Crippen LogP contribution is -2.42. The van der Waals surface area contributed by atoms with Gasteiger partial charge in [0.05, 0.1) is 0 Å². The summed E-state index contributed by atoms with van der Waals surface area (Å²) < 4.78 is 52.7. The molecule has 0 saturated carbocycles. The van der Waals surface area contributed by atoms with Gasteiger partial charge in [-0.05, 0) is 23.8 Å². The van der Waals surface area contributed by atoms with Crippen LogP contribution in [-0.4, -0.2) is 11.3 Å². The van der Waals surface area contributed by atoms with E-state index in [-0.39, 0.29) is 10.7 Å². The summed E-state index contributed by atoms with van der Waals surface area (Å²) in [5.74, 6) is -0.587. The van der Waals surface area contributed by atoms with Crippen LogP contribution in [0.25, 0.3) is 0 Å². The molecule has 6 heteroatoms. The molecule has 1 aromatic rings. The van der Waals surface area contributed by atoms with E-state index in [1.807, 2.05) is 0 Å². The molecule has 1 aromatic carbocycles. The highest BCUT2D eigenvalue weighted by atomic mass is 35.5. The minimum atomic E-state index is -4.53. The largest absolute Gasteiger partial charge is 0.402 e. The van der Waals surface area contributed by atoms with Crippen LogP contribution in [0.4, 0.5) is 17.6 Å². The molecule has 0 fully saturated rings. The van der Waals surface area contributed by atoms with E-state index in [2.05, 4.69) is 4.99 Å². The van der Waals surface area contributed by atoms with Gasteiger partial charge in [-0.2, -0.15) is 13.2 Å². The standard InChI is InChI=1S/C12H8ClF4N/c13-10-7-11(5-6-18-10,12(15,16)17)8-1-3-9(14)4-2-8/h1-6H,7H2. The zero-order chi connectivity index (χ0) is 13.4. The van der Waals surface area contributed by atoms with E-state index in [0.717, 1.165) is 36.5 Å². The number of alkyl halides is 3. The van der Waals surface area contributed by atoms with Crippen molar-refractivity contribution < 1.29 is 17.6 Å². The highest BCUT2D eigenvalue weighted by Gasteiger charge is 2.55. The summed E-state index contributed by atoms with van der Waals surface area (Å²) in [4.78, 5) is 3.61. The normalized spacial score (nSPS) is 23.9. The highest BCUT2D eigenvalue weighted by Crippen LogP contribution is 2.46. The van der Waals surface area contributed by atoms with Crippen molar-refractivity contribution in [2.45, 2.75) is 18.0 Å². The first-order valence-corrected chi connectivity index (χ1v) is 5.46. The van der Waals surface area contributed by atoms with Gasteiger partial charge in [0.15, 0.2) is 0 Å². The predicted octanol–water partition coefficient (Wildman–Crippen LogP) is 4.18. The third kappa shape index (κ3) is 2.14. The Bertz CT molecular complexity index is 504. The van der Waals surface area contributed by atoms with Gasteiger partial charge in [0, 0.05) is 12.6 Å². The minimum Gasteiger partial charge on any atom is -0.249 e. The van der Waals surface area contributed by atoms with Gasteiger partial charge in [0.1, 0.15) is 16.4 Å². The molecular weight excluding hydrogens is 270 g/mol. The molecule has 1 unspecified atom stereocenters. The second-order valence-electron chi connectivity index (χ2n) is 3.97. The lowest BCUT2D eigenvalue weighted by Gasteiger charge is -2.34. The summed E-state index contributed by atoms with van der Waals surface area (Å²) in [5, 5.41) is -0.126. The molecule has 1 aliphatic heterocycles. The van der Waals surface area contributed by atoms with Crippen LogP contribution in [0.2, 0.25) is 0 Å². The van der Waals surface area contributed by atoms with Crippen molar-refractivity contribution in [3.8, 4) is 0 Å². The number of benzene rings is 1. The quantitative estimate of drug-likeness (QED) is 0.683. The van der Waals surface area contributed by atoms with Crippen molar-refractivity contribution in [1.29, 1.82) is 0 Å². The highest BCUT2D eigenvalue weighted by molar-refractivity contribution is 6.65. The van der Waals surface area contributed by atoms with Crippen molar-refractivity contribution in [3.05, 3.63) is 47.9 Å². The Kier molecular flexibility index (Phi) is 3.19. The molecule has 0 amide bonds. The Hall–Kier alpha value is -1.36. The average molecular weight is 278 g/mol. The Labute approximate surface area is 106 Å². The van der Waals surface area contributed by atoms with E-state index in [9.17, 15) is 17.6 Å². The molecular formula is C12H8ClF4N. The second kappa shape index (κ2) is 4.39. The second-order valence-corrected chi connectivity index (χ2v) is 4.41. The van der Waals surface area contributed by atoms with E-state index in [0.29, 0.717) is 0 Å². The Balaban J connectivity index is 2.54. The first-order chi connectivity index (χ1) is 8.35. The number of halogens is 5. The maximum atomic E-state index is 13.3. The Morgan fingerprint density at radius 2 is 1.78 bits per heavy atom. The predicted molar refractivity (Wildman–Crippen MR) is 61.2 cm³/mol. The molecule has 0 spiro atoms. The van der Waals surface area contributed by atoms with Crippen LogP contribution in [0.1, 0.15) is 12.0 Å². The van der Waals surface area contributed by atoms with E-state index < -0.39 is 23.8 Å². The number of allylic oxidation sites excluding steroid dienone is 1. The van der Waals surface area contributed by atoms with Crippen LogP contribution < -0.4 is 0 Å². The molecule has 1 aliphatic rings. The number of hydrogen-bond donors (Lipinski definition) is 0. The van der Waals surface area contributed by atoms with Gasteiger partial charge in [-0.25, -0.2) is 9.38 Å². The molecule has 96 valence electrons.